The SMILES string of the molecule is C[C@H](CC(=O)c1cc(C#N)cnc1NCc1ccc(-c2ccc3n[nH]c(=O)n3c2)cc1)c1ccc(F)cc1. The first-order chi connectivity index (χ1) is 18.4. The summed E-state index contributed by atoms with van der Waals surface area (Å²) in [5, 5.41) is 18.9. The van der Waals surface area contributed by atoms with Gasteiger partial charge in [0, 0.05) is 25.4 Å². The molecule has 8 nitrogen and oxygen atoms in total. The number of aromatic amines is 1. The standard InChI is InChI=1S/C29H23FN6O2/c1-18(21-6-9-24(30)10-7-21)12-26(37)25-13-20(14-31)16-33-28(25)32-15-19-2-4-22(5-3-19)23-8-11-27-34-35-29(38)36(27)17-23/h2-11,13,16-18H,12,15H2,1H3,(H,32,33)(H,35,38)/t18-/m1/s1. The van der Waals surface area contributed by atoms with Gasteiger partial charge in [-0.25, -0.2) is 23.7 Å². The molecule has 0 spiro atoms. The number of nitriles is 1. The van der Waals surface area contributed by atoms with Crippen molar-refractivity contribution in [1.82, 2.24) is 19.6 Å². The van der Waals surface area contributed by atoms with Crippen molar-refractivity contribution in [3.05, 3.63) is 118 Å². The van der Waals surface area contributed by atoms with E-state index in [1.54, 1.807) is 30.5 Å². The lowest BCUT2D eigenvalue weighted by Crippen LogP contribution is -2.11. The lowest BCUT2D eigenvalue weighted by atomic mass is 9.93. The molecule has 0 fully saturated rings. The van der Waals surface area contributed by atoms with Crippen LogP contribution in [0.25, 0.3) is 16.8 Å². The second kappa shape index (κ2) is 10.5. The predicted molar refractivity (Wildman–Crippen MR) is 141 cm³/mol. The minimum atomic E-state index is -0.327. The van der Waals surface area contributed by atoms with Crippen molar-refractivity contribution in [2.75, 3.05) is 5.32 Å². The molecule has 188 valence electrons. The van der Waals surface area contributed by atoms with Crippen LogP contribution in [-0.2, 0) is 6.54 Å². The summed E-state index contributed by atoms with van der Waals surface area (Å²) in [7, 11) is 0. The first-order valence-electron chi connectivity index (χ1n) is 12.0. The number of anilines is 1. The van der Waals surface area contributed by atoms with Crippen molar-refractivity contribution < 1.29 is 9.18 Å². The molecule has 38 heavy (non-hydrogen) atoms. The molecule has 0 unspecified atom stereocenters. The molecule has 1 atom stereocenters. The van der Waals surface area contributed by atoms with Crippen LogP contribution < -0.4 is 11.0 Å². The minimum absolute atomic E-state index is 0.133. The molecule has 0 saturated carbocycles. The fourth-order valence-electron chi connectivity index (χ4n) is 4.25. The van der Waals surface area contributed by atoms with Crippen molar-refractivity contribution in [3.8, 4) is 17.2 Å². The Labute approximate surface area is 217 Å². The quantitative estimate of drug-likeness (QED) is 0.284. The molecule has 3 heterocycles. The van der Waals surface area contributed by atoms with Crippen LogP contribution in [-0.4, -0.2) is 25.4 Å². The van der Waals surface area contributed by atoms with Crippen molar-refractivity contribution in [1.29, 1.82) is 5.26 Å². The molecule has 0 saturated heterocycles. The molecule has 0 aliphatic heterocycles. The third kappa shape index (κ3) is 5.20. The summed E-state index contributed by atoms with van der Waals surface area (Å²) >= 11 is 0. The molecule has 5 rings (SSSR count). The number of halogens is 1. The van der Waals surface area contributed by atoms with Gasteiger partial charge in [0.1, 0.15) is 17.7 Å². The Morgan fingerprint density at radius 3 is 2.58 bits per heavy atom. The van der Waals surface area contributed by atoms with Gasteiger partial charge in [-0.1, -0.05) is 43.3 Å². The highest BCUT2D eigenvalue weighted by Crippen LogP contribution is 2.25. The Kier molecular flexibility index (Phi) is 6.78. The fourth-order valence-corrected chi connectivity index (χ4v) is 4.25. The van der Waals surface area contributed by atoms with Gasteiger partial charge < -0.3 is 5.32 Å². The normalized spacial score (nSPS) is 11.7. The predicted octanol–water partition coefficient (Wildman–Crippen LogP) is 5.08. The van der Waals surface area contributed by atoms with Crippen molar-refractivity contribution in [2.24, 2.45) is 0 Å². The molecule has 0 aliphatic carbocycles. The van der Waals surface area contributed by atoms with E-state index < -0.39 is 0 Å². The number of nitrogens with one attached hydrogen (secondary N) is 2. The highest BCUT2D eigenvalue weighted by atomic mass is 19.1. The largest absolute Gasteiger partial charge is 0.365 e. The third-order valence-electron chi connectivity index (χ3n) is 6.41. The summed E-state index contributed by atoms with van der Waals surface area (Å²) in [5.41, 5.74) is 4.51. The van der Waals surface area contributed by atoms with E-state index in [1.165, 1.54) is 22.7 Å². The Morgan fingerprint density at radius 2 is 1.84 bits per heavy atom. The monoisotopic (exact) mass is 506 g/mol. The van der Waals surface area contributed by atoms with Crippen LogP contribution in [0.5, 0.6) is 0 Å². The molecule has 2 N–H and O–H groups in total. The highest BCUT2D eigenvalue weighted by molar-refractivity contribution is 6.01. The van der Waals surface area contributed by atoms with Crippen molar-refractivity contribution in [2.45, 2.75) is 25.8 Å². The van der Waals surface area contributed by atoms with Gasteiger partial charge in [0.2, 0.25) is 0 Å². The summed E-state index contributed by atoms with van der Waals surface area (Å²) < 4.78 is 14.7. The Morgan fingerprint density at radius 1 is 1.11 bits per heavy atom. The number of ketones is 1. The number of carbonyl (C=O) groups is 1. The van der Waals surface area contributed by atoms with E-state index in [9.17, 15) is 19.2 Å². The molecular weight excluding hydrogens is 483 g/mol. The van der Waals surface area contributed by atoms with Gasteiger partial charge in [-0.3, -0.25) is 4.79 Å². The van der Waals surface area contributed by atoms with Crippen LogP contribution in [0.1, 0.15) is 46.3 Å². The molecular formula is C29H23FN6O2. The summed E-state index contributed by atoms with van der Waals surface area (Å²) in [5.74, 6) is -0.220. The van der Waals surface area contributed by atoms with Crippen LogP contribution in [0.15, 0.2) is 83.9 Å². The molecule has 9 heteroatoms. The maximum atomic E-state index is 13.3. The smallest absolute Gasteiger partial charge is 0.347 e. The van der Waals surface area contributed by atoms with E-state index in [-0.39, 0.29) is 29.6 Å². The Bertz CT molecular complexity index is 1720. The van der Waals surface area contributed by atoms with Crippen LogP contribution in [0, 0.1) is 17.1 Å². The van der Waals surface area contributed by atoms with Crippen LogP contribution in [0.4, 0.5) is 10.2 Å². The average Bonchev–Trinajstić information content (AvgIpc) is 3.32. The van der Waals surface area contributed by atoms with Crippen LogP contribution in [0.3, 0.4) is 0 Å². The molecule has 0 amide bonds. The summed E-state index contributed by atoms with van der Waals surface area (Å²) in [6, 6.07) is 21.2. The highest BCUT2D eigenvalue weighted by Gasteiger charge is 2.18. The number of carbonyl (C=O) groups excluding carboxylic acids is 1. The Balaban J connectivity index is 1.31. The zero-order valence-electron chi connectivity index (χ0n) is 20.5. The van der Waals surface area contributed by atoms with Gasteiger partial charge in [-0.05, 0) is 58.5 Å². The number of aromatic nitrogens is 4. The lowest BCUT2D eigenvalue weighted by Gasteiger charge is -2.14. The number of pyridine rings is 2. The topological polar surface area (TPSA) is 116 Å². The second-order valence-electron chi connectivity index (χ2n) is 9.04. The van der Waals surface area contributed by atoms with Crippen molar-refractivity contribution in [3.63, 3.8) is 0 Å². The van der Waals surface area contributed by atoms with E-state index >= 15 is 0 Å². The van der Waals surface area contributed by atoms with E-state index in [2.05, 4.69) is 20.5 Å². The summed E-state index contributed by atoms with van der Waals surface area (Å²) in [6.45, 7) is 2.31. The van der Waals surface area contributed by atoms with E-state index in [1.807, 2.05) is 43.3 Å². The fraction of sp³-hybridized carbons (Fsp3) is 0.138. The maximum absolute atomic E-state index is 13.3. The van der Waals surface area contributed by atoms with Crippen molar-refractivity contribution >= 4 is 17.2 Å². The van der Waals surface area contributed by atoms with Crippen LogP contribution in [0.2, 0.25) is 0 Å². The Hall–Kier alpha value is -5.10. The number of nitrogens with zero attached hydrogens (tertiary/aromatic N) is 4. The van der Waals surface area contributed by atoms with Gasteiger partial charge in [0.05, 0.1) is 11.1 Å². The molecule has 2 aromatic carbocycles. The zero-order valence-corrected chi connectivity index (χ0v) is 20.5. The lowest BCUT2D eigenvalue weighted by molar-refractivity contribution is 0.0976. The molecule has 3 aromatic heterocycles. The number of benzene rings is 2. The molecule has 0 bridgehead atoms. The number of hydrogen-bond acceptors (Lipinski definition) is 6. The molecule has 0 radical (unpaired) electrons. The maximum Gasteiger partial charge on any atom is 0.347 e. The molecule has 5 aromatic rings. The van der Waals surface area contributed by atoms with Crippen LogP contribution >= 0.6 is 0 Å². The third-order valence-corrected chi connectivity index (χ3v) is 6.41. The average molecular weight is 507 g/mol. The van der Waals surface area contributed by atoms with Gasteiger partial charge >= 0.3 is 5.69 Å². The summed E-state index contributed by atoms with van der Waals surface area (Å²) in [4.78, 5) is 29.4. The zero-order chi connectivity index (χ0) is 26.6. The number of hydrogen-bond donors (Lipinski definition) is 2. The van der Waals surface area contributed by atoms with Gasteiger partial charge in [0.25, 0.3) is 0 Å². The molecule has 0 aliphatic rings. The van der Waals surface area contributed by atoms with E-state index in [0.29, 0.717) is 29.1 Å². The van der Waals surface area contributed by atoms with Gasteiger partial charge in [-0.2, -0.15) is 10.4 Å². The number of Topliss-reactive ketones (excluding diaryl/α,β-unsaturated/α-hetero) is 1. The number of H-pyrrole nitrogens is 1. The number of fused-ring (bicyclic) bond motifs is 1. The minimum Gasteiger partial charge on any atom is -0.365 e. The van der Waals surface area contributed by atoms with E-state index in [4.69, 9.17) is 0 Å². The van der Waals surface area contributed by atoms with E-state index in [0.717, 1.165) is 22.3 Å². The van der Waals surface area contributed by atoms with Gasteiger partial charge in [0.15, 0.2) is 11.4 Å². The first-order valence-corrected chi connectivity index (χ1v) is 12.0. The summed E-state index contributed by atoms with van der Waals surface area (Å²) in [6.07, 6.45) is 3.36. The van der Waals surface area contributed by atoms with Gasteiger partial charge in [-0.15, -0.1) is 0 Å². The first kappa shape index (κ1) is 24.6. The number of rotatable bonds is 8. The second-order valence-corrected chi connectivity index (χ2v) is 9.04.